The molecule has 12 heteroatoms. The third-order valence-electron chi connectivity index (χ3n) is 6.93. The van der Waals surface area contributed by atoms with Gasteiger partial charge in [-0.05, 0) is 18.2 Å². The molecule has 11 nitrogen and oxygen atoms in total. The lowest BCUT2D eigenvalue weighted by atomic mass is 10.0. The number of nitrogens with one attached hydrogen (secondary N) is 4. The first-order valence-corrected chi connectivity index (χ1v) is 14.5. The monoisotopic (exact) mass is 595 g/mol. The first kappa shape index (κ1) is 28.1. The predicted molar refractivity (Wildman–Crippen MR) is 167 cm³/mol. The van der Waals surface area contributed by atoms with Crippen molar-refractivity contribution < 1.29 is 19.0 Å². The second-order valence-electron chi connectivity index (χ2n) is 9.66. The third-order valence-corrected chi connectivity index (χ3v) is 8.08. The minimum Gasteiger partial charge on any atom is -0.496 e. The number of aromatic nitrogens is 1. The number of nitrogens with zero attached hydrogens (tertiary/aromatic N) is 3. The maximum absolute atomic E-state index is 13.2. The maximum Gasteiger partial charge on any atom is 0.290 e. The highest BCUT2D eigenvalue weighted by Crippen LogP contribution is 2.39. The summed E-state index contributed by atoms with van der Waals surface area (Å²) in [6.45, 7) is 2.36. The van der Waals surface area contributed by atoms with Crippen LogP contribution in [0.3, 0.4) is 0 Å². The van der Waals surface area contributed by atoms with E-state index < -0.39 is 18.1 Å². The number of morpholine rings is 1. The summed E-state index contributed by atoms with van der Waals surface area (Å²) >= 11 is 1.42. The first-order chi connectivity index (χ1) is 21.0. The van der Waals surface area contributed by atoms with Crippen molar-refractivity contribution in [1.82, 2.24) is 10.3 Å². The quantitative estimate of drug-likeness (QED) is 0.192. The average molecular weight is 596 g/mol. The van der Waals surface area contributed by atoms with Crippen LogP contribution in [-0.2, 0) is 14.3 Å². The Kier molecular flexibility index (Phi) is 8.11. The van der Waals surface area contributed by atoms with Gasteiger partial charge in [0.15, 0.2) is 5.69 Å². The van der Waals surface area contributed by atoms with Gasteiger partial charge in [0.05, 0.1) is 37.3 Å². The number of anilines is 2. The highest BCUT2D eigenvalue weighted by atomic mass is 32.1. The van der Waals surface area contributed by atoms with E-state index in [2.05, 4.69) is 15.5 Å². The standard InChI is InChI=1S/C31H29N7O4S/c1-40-23-14-8-6-12-21(23)29-36-25(30(43-29)38-15-17-41-18-16-38)26(32)42-31(33)37-27-28(39)34-22-13-7-5-11-20(22)24(35-27)19-9-3-2-4-10-19/h2-14,27,32H,15-18H2,1H3,(H2,33,37)(H,34,39)/t27-/m1/s1. The van der Waals surface area contributed by atoms with Crippen LogP contribution >= 0.6 is 11.3 Å². The van der Waals surface area contributed by atoms with Crippen LogP contribution < -0.4 is 20.3 Å². The predicted octanol–water partition coefficient (Wildman–Crippen LogP) is 4.34. The molecule has 1 atom stereocenters. The fraction of sp³-hybridized carbons (Fsp3) is 0.194. The van der Waals surface area contributed by atoms with Crippen LogP contribution in [0.2, 0.25) is 0 Å². The Hall–Kier alpha value is -5.07. The lowest BCUT2D eigenvalue weighted by Gasteiger charge is -2.27. The van der Waals surface area contributed by atoms with E-state index in [1.165, 1.54) is 11.3 Å². The minimum atomic E-state index is -1.18. The van der Waals surface area contributed by atoms with Crippen LogP contribution in [0.25, 0.3) is 10.6 Å². The molecule has 43 heavy (non-hydrogen) atoms. The smallest absolute Gasteiger partial charge is 0.290 e. The zero-order valence-corrected chi connectivity index (χ0v) is 24.1. The molecule has 1 fully saturated rings. The van der Waals surface area contributed by atoms with Crippen molar-refractivity contribution in [1.29, 1.82) is 10.8 Å². The normalized spacial score (nSPS) is 16.3. The van der Waals surface area contributed by atoms with Gasteiger partial charge < -0.3 is 29.7 Å². The van der Waals surface area contributed by atoms with Gasteiger partial charge in [-0.25, -0.2) is 9.98 Å². The number of para-hydroxylation sites is 2. The number of hydrogen-bond donors (Lipinski definition) is 4. The highest BCUT2D eigenvalue weighted by Gasteiger charge is 2.29. The number of fused-ring (bicyclic) bond motifs is 1. The topological polar surface area (TPSA) is 145 Å². The van der Waals surface area contributed by atoms with Crippen molar-refractivity contribution in [3.63, 3.8) is 0 Å². The molecular formula is C31H29N7O4S. The number of benzodiazepines with no additional fused rings is 1. The summed E-state index contributed by atoms with van der Waals surface area (Å²) in [7, 11) is 1.60. The molecule has 0 unspecified atom stereocenters. The van der Waals surface area contributed by atoms with Crippen molar-refractivity contribution in [2.24, 2.45) is 4.99 Å². The number of amides is 1. The molecule has 1 amide bonds. The van der Waals surface area contributed by atoms with Gasteiger partial charge in [0, 0.05) is 24.2 Å². The van der Waals surface area contributed by atoms with Crippen molar-refractivity contribution >= 4 is 45.6 Å². The van der Waals surface area contributed by atoms with Crippen LogP contribution in [0.4, 0.5) is 10.7 Å². The van der Waals surface area contributed by atoms with Gasteiger partial charge in [0.25, 0.3) is 11.9 Å². The van der Waals surface area contributed by atoms with E-state index in [0.717, 1.165) is 21.7 Å². The second-order valence-corrected chi connectivity index (χ2v) is 10.6. The fourth-order valence-electron chi connectivity index (χ4n) is 4.86. The molecular weight excluding hydrogens is 566 g/mol. The summed E-state index contributed by atoms with van der Waals surface area (Å²) in [5.41, 5.74) is 3.85. The van der Waals surface area contributed by atoms with Crippen LogP contribution in [0.5, 0.6) is 5.75 Å². The van der Waals surface area contributed by atoms with Crippen LogP contribution in [0, 0.1) is 10.8 Å². The molecule has 4 aromatic rings. The molecule has 1 saturated heterocycles. The SMILES string of the molecule is COc1ccccc1-c1nc(C(=N)OC(=N)N[C@H]2N=C(c3ccccc3)c3ccccc3NC2=O)c(N2CCOCC2)s1. The number of carbonyl (C=O) groups excluding carboxylic acids is 1. The number of aliphatic imine (C=N–C) groups is 1. The lowest BCUT2D eigenvalue weighted by Crippen LogP contribution is -2.43. The minimum absolute atomic E-state index is 0.283. The van der Waals surface area contributed by atoms with Crippen molar-refractivity contribution in [2.45, 2.75) is 6.17 Å². The number of benzene rings is 3. The van der Waals surface area contributed by atoms with Gasteiger partial charge in [-0.3, -0.25) is 15.6 Å². The largest absolute Gasteiger partial charge is 0.496 e. The molecule has 0 saturated carbocycles. The van der Waals surface area contributed by atoms with E-state index >= 15 is 0 Å². The molecule has 2 aliphatic rings. The molecule has 6 rings (SSSR count). The second kappa shape index (κ2) is 12.4. The molecule has 0 bridgehead atoms. The molecule has 2 aliphatic heterocycles. The number of rotatable bonds is 6. The number of carbonyl (C=O) groups is 1. The summed E-state index contributed by atoms with van der Waals surface area (Å²) in [5, 5.41) is 24.4. The molecule has 3 aromatic carbocycles. The van der Waals surface area contributed by atoms with Crippen molar-refractivity contribution in [3.8, 4) is 16.3 Å². The average Bonchev–Trinajstić information content (AvgIpc) is 3.44. The molecule has 0 spiro atoms. The Bertz CT molecular complexity index is 1700. The fourth-order valence-corrected chi connectivity index (χ4v) is 6.01. The van der Waals surface area contributed by atoms with Gasteiger partial charge >= 0.3 is 0 Å². The van der Waals surface area contributed by atoms with E-state index in [9.17, 15) is 4.79 Å². The van der Waals surface area contributed by atoms with Crippen LogP contribution in [0.1, 0.15) is 16.8 Å². The Labute approximate surface area is 252 Å². The molecule has 218 valence electrons. The first-order valence-electron chi connectivity index (χ1n) is 13.6. The van der Waals surface area contributed by atoms with Crippen LogP contribution in [0.15, 0.2) is 83.9 Å². The zero-order chi connectivity index (χ0) is 29.8. The van der Waals surface area contributed by atoms with Gasteiger partial charge in [0.2, 0.25) is 12.1 Å². The maximum atomic E-state index is 13.2. The van der Waals surface area contributed by atoms with E-state index in [1.807, 2.05) is 72.8 Å². The van der Waals surface area contributed by atoms with Crippen molar-refractivity contribution in [3.05, 3.63) is 95.7 Å². The third kappa shape index (κ3) is 5.96. The van der Waals surface area contributed by atoms with E-state index in [-0.39, 0.29) is 11.6 Å². The number of methoxy groups -OCH3 is 1. The highest BCUT2D eigenvalue weighted by molar-refractivity contribution is 7.19. The van der Waals surface area contributed by atoms with Gasteiger partial charge in [-0.15, -0.1) is 0 Å². The Balaban J connectivity index is 1.27. The molecule has 1 aromatic heterocycles. The number of thiazole rings is 1. The molecule has 3 heterocycles. The summed E-state index contributed by atoms with van der Waals surface area (Å²) in [5.74, 6) is -0.133. The summed E-state index contributed by atoms with van der Waals surface area (Å²) in [4.78, 5) is 24.7. The molecule has 0 radical (unpaired) electrons. The van der Waals surface area contributed by atoms with E-state index in [0.29, 0.717) is 48.5 Å². The number of hydrogen-bond acceptors (Lipinski definition) is 10. The summed E-state index contributed by atoms with van der Waals surface area (Å²) in [6, 6.07) is 24.0. The Morgan fingerprint density at radius 2 is 1.70 bits per heavy atom. The summed E-state index contributed by atoms with van der Waals surface area (Å²) < 4.78 is 16.7. The number of amidine groups is 1. The summed E-state index contributed by atoms with van der Waals surface area (Å²) in [6.07, 6.45) is -1.18. The lowest BCUT2D eigenvalue weighted by molar-refractivity contribution is -0.117. The van der Waals surface area contributed by atoms with E-state index in [1.54, 1.807) is 13.2 Å². The molecule has 4 N–H and O–H groups in total. The van der Waals surface area contributed by atoms with Gasteiger partial charge in [-0.1, -0.05) is 72.0 Å². The number of ether oxygens (including phenoxy) is 3. The van der Waals surface area contributed by atoms with Gasteiger partial charge in [-0.2, -0.15) is 0 Å². The zero-order valence-electron chi connectivity index (χ0n) is 23.3. The van der Waals surface area contributed by atoms with E-state index in [4.69, 9.17) is 35.0 Å². The Morgan fingerprint density at radius 3 is 2.47 bits per heavy atom. The Morgan fingerprint density at radius 1 is 1.00 bits per heavy atom. The van der Waals surface area contributed by atoms with Gasteiger partial charge in [0.1, 0.15) is 15.8 Å². The van der Waals surface area contributed by atoms with Crippen LogP contribution in [-0.4, -0.2) is 68.1 Å². The molecule has 0 aliphatic carbocycles. The van der Waals surface area contributed by atoms with Crippen molar-refractivity contribution in [2.75, 3.05) is 43.6 Å².